The first-order chi connectivity index (χ1) is 8.50. The molecule has 1 heterocycles. The molecule has 3 nitrogen and oxygen atoms in total. The van der Waals surface area contributed by atoms with Crippen LogP contribution in [0.15, 0.2) is 6.07 Å². The Bertz CT molecular complexity index is 533. The lowest BCUT2D eigenvalue weighted by atomic mass is 9.74. The van der Waals surface area contributed by atoms with Gasteiger partial charge < -0.3 is 9.84 Å². The van der Waals surface area contributed by atoms with Crippen molar-refractivity contribution in [2.75, 3.05) is 0 Å². The quantitative estimate of drug-likeness (QED) is 0.716. The number of esters is 1. The fourth-order valence-electron chi connectivity index (χ4n) is 3.44. The molecule has 0 spiro atoms. The SMILES string of the molecule is Cc1cc(O)c(C)c2c1CC[C@@H]1[C@H](C)C(=O)O[C@H]21. The third-order valence-corrected chi connectivity index (χ3v) is 4.60. The van der Waals surface area contributed by atoms with E-state index in [4.69, 9.17) is 4.74 Å². The average molecular weight is 246 g/mol. The predicted octanol–water partition coefficient (Wildman–Crippen LogP) is 2.81. The zero-order chi connectivity index (χ0) is 13.0. The highest BCUT2D eigenvalue weighted by Crippen LogP contribution is 2.49. The smallest absolute Gasteiger partial charge is 0.309 e. The third kappa shape index (κ3) is 1.39. The molecule has 0 bridgehead atoms. The number of phenolic OH excluding ortho intramolecular Hbond substituents is 1. The van der Waals surface area contributed by atoms with E-state index in [1.807, 2.05) is 26.8 Å². The van der Waals surface area contributed by atoms with E-state index in [0.29, 0.717) is 5.75 Å². The predicted molar refractivity (Wildman–Crippen MR) is 67.4 cm³/mol. The van der Waals surface area contributed by atoms with Crippen LogP contribution < -0.4 is 0 Å². The Hall–Kier alpha value is -1.51. The van der Waals surface area contributed by atoms with E-state index in [0.717, 1.165) is 29.5 Å². The van der Waals surface area contributed by atoms with E-state index in [-0.39, 0.29) is 23.9 Å². The van der Waals surface area contributed by atoms with Crippen molar-refractivity contribution in [1.82, 2.24) is 0 Å². The van der Waals surface area contributed by atoms with Crippen LogP contribution in [0.2, 0.25) is 0 Å². The van der Waals surface area contributed by atoms with Crippen molar-refractivity contribution in [1.29, 1.82) is 0 Å². The number of aromatic hydroxyl groups is 1. The molecule has 96 valence electrons. The highest BCUT2D eigenvalue weighted by atomic mass is 16.6. The molecule has 1 fully saturated rings. The van der Waals surface area contributed by atoms with Gasteiger partial charge in [-0.2, -0.15) is 0 Å². The first-order valence-electron chi connectivity index (χ1n) is 6.53. The summed E-state index contributed by atoms with van der Waals surface area (Å²) in [4.78, 5) is 11.7. The Balaban J connectivity index is 2.18. The number of fused-ring (bicyclic) bond motifs is 3. The van der Waals surface area contributed by atoms with Gasteiger partial charge in [0.25, 0.3) is 0 Å². The number of hydrogen-bond donors (Lipinski definition) is 1. The average Bonchev–Trinajstić information content (AvgIpc) is 2.62. The van der Waals surface area contributed by atoms with E-state index in [1.54, 1.807) is 0 Å². The second-order valence-electron chi connectivity index (χ2n) is 5.58. The number of carbonyl (C=O) groups excluding carboxylic acids is 1. The number of aryl methyl sites for hydroxylation is 1. The maximum Gasteiger partial charge on any atom is 0.309 e. The lowest BCUT2D eigenvalue weighted by molar-refractivity contribution is -0.144. The largest absolute Gasteiger partial charge is 0.508 e. The number of phenols is 1. The standard InChI is InChI=1S/C15H18O3/c1-7-6-12(16)9(3)13-10(7)4-5-11-8(2)15(17)18-14(11)13/h6,8,11,14,16H,4-5H2,1-3H3/t8-,11+,14-/m0/s1. The second-order valence-corrected chi connectivity index (χ2v) is 5.58. The van der Waals surface area contributed by atoms with Crippen LogP contribution in [0.1, 0.15) is 41.7 Å². The minimum atomic E-state index is -0.151. The molecule has 1 saturated heterocycles. The molecule has 2 aliphatic rings. The summed E-state index contributed by atoms with van der Waals surface area (Å²) in [5, 5.41) is 9.97. The monoisotopic (exact) mass is 246 g/mol. The summed E-state index contributed by atoms with van der Waals surface area (Å²) < 4.78 is 5.54. The Morgan fingerprint density at radius 1 is 1.39 bits per heavy atom. The van der Waals surface area contributed by atoms with Gasteiger partial charge in [0.2, 0.25) is 0 Å². The lowest BCUT2D eigenvalue weighted by Crippen LogP contribution is -2.22. The minimum absolute atomic E-state index is 0.0230. The normalized spacial score (nSPS) is 29.7. The van der Waals surface area contributed by atoms with Gasteiger partial charge in [-0.3, -0.25) is 4.79 Å². The van der Waals surface area contributed by atoms with E-state index in [9.17, 15) is 9.90 Å². The van der Waals surface area contributed by atoms with Gasteiger partial charge in [-0.15, -0.1) is 0 Å². The van der Waals surface area contributed by atoms with E-state index in [1.165, 1.54) is 5.56 Å². The molecule has 1 aromatic rings. The Kier molecular flexibility index (Phi) is 2.40. The Labute approximate surface area is 107 Å². The van der Waals surface area contributed by atoms with Gasteiger partial charge in [0.1, 0.15) is 11.9 Å². The highest BCUT2D eigenvalue weighted by Gasteiger charge is 2.46. The van der Waals surface area contributed by atoms with Crippen molar-refractivity contribution in [2.45, 2.75) is 39.7 Å². The summed E-state index contributed by atoms with van der Waals surface area (Å²) in [5.41, 5.74) is 4.28. The molecule has 1 aromatic carbocycles. The molecule has 0 aromatic heterocycles. The fourth-order valence-corrected chi connectivity index (χ4v) is 3.44. The number of ether oxygens (including phenoxy) is 1. The highest BCUT2D eigenvalue weighted by molar-refractivity contribution is 5.75. The van der Waals surface area contributed by atoms with Crippen LogP contribution in [-0.2, 0) is 16.0 Å². The molecular weight excluding hydrogens is 228 g/mol. The zero-order valence-corrected chi connectivity index (χ0v) is 11.0. The van der Waals surface area contributed by atoms with Crippen molar-refractivity contribution in [3.05, 3.63) is 28.3 Å². The molecule has 0 unspecified atom stereocenters. The van der Waals surface area contributed by atoms with Gasteiger partial charge in [-0.1, -0.05) is 6.92 Å². The Morgan fingerprint density at radius 2 is 2.11 bits per heavy atom. The Morgan fingerprint density at radius 3 is 2.83 bits per heavy atom. The number of hydrogen-bond acceptors (Lipinski definition) is 3. The van der Waals surface area contributed by atoms with Crippen LogP contribution in [-0.4, -0.2) is 11.1 Å². The van der Waals surface area contributed by atoms with Gasteiger partial charge in [-0.05, 0) is 49.4 Å². The van der Waals surface area contributed by atoms with Gasteiger partial charge >= 0.3 is 5.97 Å². The van der Waals surface area contributed by atoms with Crippen LogP contribution in [0.4, 0.5) is 0 Å². The number of carbonyl (C=O) groups is 1. The van der Waals surface area contributed by atoms with Crippen LogP contribution in [0.3, 0.4) is 0 Å². The van der Waals surface area contributed by atoms with Gasteiger partial charge in [0, 0.05) is 11.5 Å². The molecule has 3 atom stereocenters. The minimum Gasteiger partial charge on any atom is -0.508 e. The first kappa shape index (κ1) is 11.6. The molecule has 1 N–H and O–H groups in total. The fraction of sp³-hybridized carbons (Fsp3) is 0.533. The summed E-state index contributed by atoms with van der Waals surface area (Å²) in [6, 6.07) is 1.81. The number of rotatable bonds is 0. The van der Waals surface area contributed by atoms with E-state index < -0.39 is 0 Å². The van der Waals surface area contributed by atoms with Crippen molar-refractivity contribution in [3.8, 4) is 5.75 Å². The molecule has 3 heteroatoms. The summed E-state index contributed by atoms with van der Waals surface area (Å²) in [5.74, 6) is 0.454. The van der Waals surface area contributed by atoms with Crippen molar-refractivity contribution in [3.63, 3.8) is 0 Å². The van der Waals surface area contributed by atoms with E-state index >= 15 is 0 Å². The molecule has 18 heavy (non-hydrogen) atoms. The molecule has 3 rings (SSSR count). The molecule has 1 aliphatic carbocycles. The van der Waals surface area contributed by atoms with Crippen LogP contribution in [0.25, 0.3) is 0 Å². The first-order valence-corrected chi connectivity index (χ1v) is 6.53. The van der Waals surface area contributed by atoms with Gasteiger partial charge in [0.05, 0.1) is 5.92 Å². The maximum absolute atomic E-state index is 11.7. The van der Waals surface area contributed by atoms with Gasteiger partial charge in [0.15, 0.2) is 0 Å². The molecule has 0 saturated carbocycles. The molecular formula is C15H18O3. The van der Waals surface area contributed by atoms with Crippen molar-refractivity contribution < 1.29 is 14.6 Å². The summed E-state index contributed by atoms with van der Waals surface area (Å²) in [6.45, 7) is 5.87. The van der Waals surface area contributed by atoms with Crippen LogP contribution in [0.5, 0.6) is 5.75 Å². The number of benzene rings is 1. The second kappa shape index (κ2) is 3.74. The molecule has 0 radical (unpaired) electrons. The molecule has 1 aliphatic heterocycles. The lowest BCUT2D eigenvalue weighted by Gasteiger charge is -2.30. The molecule has 0 amide bonds. The topological polar surface area (TPSA) is 46.5 Å². The van der Waals surface area contributed by atoms with E-state index in [2.05, 4.69) is 0 Å². The zero-order valence-electron chi connectivity index (χ0n) is 11.0. The summed E-state index contributed by atoms with van der Waals surface area (Å²) in [6.07, 6.45) is 1.82. The third-order valence-electron chi connectivity index (χ3n) is 4.60. The van der Waals surface area contributed by atoms with Crippen LogP contribution in [0, 0.1) is 25.7 Å². The van der Waals surface area contributed by atoms with Crippen LogP contribution >= 0.6 is 0 Å². The van der Waals surface area contributed by atoms with Gasteiger partial charge in [-0.25, -0.2) is 0 Å². The van der Waals surface area contributed by atoms with Crippen molar-refractivity contribution >= 4 is 5.97 Å². The maximum atomic E-state index is 11.7. The summed E-state index contributed by atoms with van der Waals surface area (Å²) in [7, 11) is 0. The summed E-state index contributed by atoms with van der Waals surface area (Å²) >= 11 is 0. The van der Waals surface area contributed by atoms with Crippen molar-refractivity contribution in [2.24, 2.45) is 11.8 Å².